The Balaban J connectivity index is 0.000000164. The number of hydrogen-bond donors (Lipinski definition) is 0. The van der Waals surface area contributed by atoms with Gasteiger partial charge >= 0.3 is 0 Å². The third-order valence-corrected chi connectivity index (χ3v) is 43.4. The predicted octanol–water partition coefficient (Wildman–Crippen LogP) is 21.9. The monoisotopic (exact) mass is 1890 g/mol. The molecule has 24 rings (SSSR count). The van der Waals surface area contributed by atoms with Crippen molar-refractivity contribution < 1.29 is 58.3 Å². The number of rotatable bonds is 14. The molecule has 14 heterocycles. The van der Waals surface area contributed by atoms with E-state index < -0.39 is 0 Å². The van der Waals surface area contributed by atoms with Crippen LogP contribution in [-0.2, 0) is 0 Å². The lowest BCUT2D eigenvalue weighted by Gasteiger charge is -2.58. The van der Waals surface area contributed by atoms with E-state index >= 15 is 0 Å². The molecule has 14 nitrogen and oxygen atoms in total. The first-order chi connectivity index (χ1) is 62.5. The van der Waals surface area contributed by atoms with Gasteiger partial charge in [-0.15, -0.1) is 0 Å². The van der Waals surface area contributed by atoms with Crippen LogP contribution in [0.3, 0.4) is 0 Å². The summed E-state index contributed by atoms with van der Waals surface area (Å²) < 4.78 is 16.8. The van der Waals surface area contributed by atoms with Crippen LogP contribution in [0, 0.1) is 88.8 Å². The van der Waals surface area contributed by atoms with Gasteiger partial charge in [-0.1, -0.05) is 58.6 Å². The number of hydrogen-bond acceptors (Lipinski definition) is 1. The van der Waals surface area contributed by atoms with Crippen LogP contribution < -0.4 is 0 Å². The zero-order valence-corrected chi connectivity index (χ0v) is 98.0. The maximum atomic E-state index is 2.60. The van der Waals surface area contributed by atoms with Crippen LogP contribution in [0.15, 0.2) is 12.2 Å². The van der Waals surface area contributed by atoms with Gasteiger partial charge in [-0.3, -0.25) is 4.90 Å². The fourth-order valence-electron chi connectivity index (χ4n) is 33.5. The second kappa shape index (κ2) is 50.1. The van der Waals surface area contributed by atoms with E-state index in [-0.39, 0.29) is 0 Å². The van der Waals surface area contributed by atoms with E-state index in [0.29, 0.717) is 0 Å². The average molecular weight is 1890 g/mol. The Morgan fingerprint density at radius 3 is 0.933 bits per heavy atom. The molecule has 16 bridgehead atoms. The van der Waals surface area contributed by atoms with Crippen molar-refractivity contribution in [3.8, 4) is 0 Å². The van der Waals surface area contributed by atoms with Crippen molar-refractivity contribution in [2.75, 3.05) is 311 Å². The molecule has 0 aromatic heterocycles. The SMILES string of the molecule is CC(C)[N+]12CCC(CC1)CC2.CC(C)[N+]12CCN(CC1)CC2.CC(C)[N+]12CC[N+](C(C)C)(CC1)CC2.CC1CC(C)C[N+](C)(C)C1.CC1CCCC([N+](C)(C)C)C1.CC[N+](CC)(CC)CC.CC[N+]12CCC(CC1)CC2.C[N+](C)(C)C1C2CCCC1CCC2.C[N+](C)(C)C1CC2CCC1C2.C[N+](C)(C)C1CCC2CCC1C2.C[N+](C)(C)C1CCCCC1.C[N+]1(C)CC2C3C=CC(C3)C2C1. The molecule has 9 saturated carbocycles. The Hall–Kier alpha value is -0.820. The van der Waals surface area contributed by atoms with Gasteiger partial charge in [0.2, 0.25) is 0 Å². The summed E-state index contributed by atoms with van der Waals surface area (Å²) in [4.78, 5) is 2.60. The molecule has 24 aliphatic rings. The van der Waals surface area contributed by atoms with E-state index in [4.69, 9.17) is 0 Å². The molecule has 134 heavy (non-hydrogen) atoms. The fraction of sp³-hybridized carbons (Fsp3) is 0.983. The highest BCUT2D eigenvalue weighted by atomic mass is 15.5. The molecule has 0 aromatic rings. The van der Waals surface area contributed by atoms with Crippen molar-refractivity contribution in [2.45, 2.75) is 371 Å². The third-order valence-electron chi connectivity index (χ3n) is 43.4. The fourth-order valence-corrected chi connectivity index (χ4v) is 33.5. The largest absolute Gasteiger partial charge is 0.328 e. The summed E-state index contributed by atoms with van der Waals surface area (Å²) in [6, 6.07) is 8.16. The Morgan fingerprint density at radius 1 is 0.284 bits per heavy atom. The van der Waals surface area contributed by atoms with Gasteiger partial charge in [0.05, 0.1) is 306 Å². The Morgan fingerprint density at radius 2 is 0.642 bits per heavy atom. The summed E-state index contributed by atoms with van der Waals surface area (Å²) >= 11 is 0. The second-order valence-electron chi connectivity index (χ2n) is 58.5. The summed E-state index contributed by atoms with van der Waals surface area (Å²) in [5.74, 6) is 15.5. The molecule has 14 aliphatic heterocycles. The van der Waals surface area contributed by atoms with Crippen molar-refractivity contribution in [3.63, 3.8) is 0 Å². The molecule has 10 aliphatic carbocycles. The third kappa shape index (κ3) is 32.6. The Labute approximate surface area is 840 Å². The molecular weight excluding hydrogens is 1640 g/mol. The first kappa shape index (κ1) is 117. The molecule has 23 fully saturated rings. The normalized spacial score (nSPS) is 39.2. The number of nitrogens with zero attached hydrogens (tertiary/aromatic N) is 14. The highest BCUT2D eigenvalue weighted by Crippen LogP contribution is 2.53. The number of piperidine rings is 7. The zero-order valence-electron chi connectivity index (χ0n) is 98.0. The maximum absolute atomic E-state index is 2.60. The van der Waals surface area contributed by atoms with Gasteiger partial charge in [0, 0.05) is 79.8 Å². The summed E-state index contributed by atoms with van der Waals surface area (Å²) in [7, 11) is 44.7. The molecular formula is C120H249N14+13. The van der Waals surface area contributed by atoms with Crippen LogP contribution in [0.5, 0.6) is 0 Å². The number of fused-ring (bicyclic) bond motifs is 23. The predicted molar refractivity (Wildman–Crippen MR) is 583 cm³/mol. The highest BCUT2D eigenvalue weighted by molar-refractivity contribution is 5.15. The van der Waals surface area contributed by atoms with Crippen molar-refractivity contribution in [3.05, 3.63) is 12.2 Å². The average Bonchev–Trinajstić information content (AvgIpc) is 1.05. The zero-order chi connectivity index (χ0) is 99.1. The second-order valence-corrected chi connectivity index (χ2v) is 58.5. The van der Waals surface area contributed by atoms with E-state index in [1.54, 1.807) is 12.8 Å². The molecule has 14 saturated heterocycles. The van der Waals surface area contributed by atoms with E-state index in [0.717, 1.165) is 148 Å². The molecule has 0 amide bonds. The number of allylic oxidation sites excluding steroid dienone is 2. The van der Waals surface area contributed by atoms with Gasteiger partial charge < -0.3 is 58.3 Å². The van der Waals surface area contributed by atoms with Gasteiger partial charge in [-0.05, 0) is 298 Å². The summed E-state index contributed by atoms with van der Waals surface area (Å²) in [5.41, 5.74) is 0. The van der Waals surface area contributed by atoms with Crippen LogP contribution in [0.2, 0.25) is 0 Å². The van der Waals surface area contributed by atoms with Crippen LogP contribution in [0.25, 0.3) is 0 Å². The molecule has 0 radical (unpaired) electrons. The molecule has 14 heteroatoms. The molecule has 14 unspecified atom stereocenters. The lowest BCUT2D eigenvalue weighted by Crippen LogP contribution is -2.78. The smallest absolute Gasteiger partial charge is 0.129 e. The first-order valence-electron chi connectivity index (χ1n) is 59.8. The van der Waals surface area contributed by atoms with Crippen LogP contribution in [0.1, 0.15) is 316 Å². The topological polar surface area (TPSA) is 3.24 Å². The number of likely N-dealkylation sites (tertiary alicyclic amines) is 2. The lowest BCUT2D eigenvalue weighted by molar-refractivity contribution is -1.10. The Bertz CT molecular complexity index is 3120. The summed E-state index contributed by atoms with van der Waals surface area (Å²) in [6.45, 7) is 75.5. The van der Waals surface area contributed by atoms with Crippen LogP contribution in [-0.4, -0.2) is 428 Å². The molecule has 14 atom stereocenters. The number of piperazine rings is 6. The quantitative estimate of drug-likeness (QED) is 0.124. The summed E-state index contributed by atoms with van der Waals surface area (Å²) in [5, 5.41) is 0. The van der Waals surface area contributed by atoms with Gasteiger partial charge in [0.25, 0.3) is 0 Å². The molecule has 0 N–H and O–H groups in total. The minimum absolute atomic E-state index is 0.838. The number of quaternary nitrogens is 13. The van der Waals surface area contributed by atoms with Crippen molar-refractivity contribution in [1.29, 1.82) is 0 Å². The van der Waals surface area contributed by atoms with Gasteiger partial charge in [0.1, 0.15) is 39.3 Å². The van der Waals surface area contributed by atoms with Crippen LogP contribution >= 0.6 is 0 Å². The van der Waals surface area contributed by atoms with Crippen molar-refractivity contribution >= 4 is 0 Å². The molecule has 0 aromatic carbocycles. The standard InChI is InChI=1S/C12H26N2.C12H24N.C11H18N.C11H22N.2C10H20N.C10H22N.C9H19N2.C9H18N.2C9H20N.C8H20N/c1-11(2)13-5-8-14(9-6-13,10-7-13)12(3)4;1-13(2,3)12-10-6-4-7-11(12)9-5-8-10;1-12(2)6-10-8-3-4-9(5-8)11(10)7-12;1-12(2,3)11-7-5-9-4-6-10(11)8-9;1-9(2)11-6-3-10(4-7-11)5-8-11;1-11(2,3)10-7-8-4-5-9(10)6-8;1-9-6-5-7-10(8-9)11(2,3)4;1-9(2)11-6-3-10(4-7-11)5-8-11;1-2-10-6-3-9(4-7-10)5-8-10;1-8-5-9(2)7-10(3,4)6-8;1-10(2,3)9-7-5-4-6-8-9;1-5-9(6-2,7-3)8-4/h11-12H,5-10H2,1-4H3;10-12H,4-9H2,1-3H3;3-4,8-11H,5-7H2,1-2H3;9-11H,4-8H2,1-3H3;9-10H,3-8H2,1-2H3;8-10H,4-7H2,1-3H3;9-10H,5-8H2,1-4H3;9H,3-8H2,1-2H3;9H,2-8H2,1H3;8-9H,5-7H2,1-4H3;9H,4-8H2,1-3H3;5-8H2,1-4H3/q+2;11*+1. The van der Waals surface area contributed by atoms with E-state index in [1.807, 2.05) is 0 Å². The van der Waals surface area contributed by atoms with Gasteiger partial charge in [-0.2, -0.15) is 0 Å². The van der Waals surface area contributed by atoms with E-state index in [2.05, 4.69) is 262 Å². The van der Waals surface area contributed by atoms with Crippen molar-refractivity contribution in [1.82, 2.24) is 4.90 Å². The minimum atomic E-state index is 0.838. The lowest BCUT2D eigenvalue weighted by atomic mass is 9.67. The molecule has 0 spiro atoms. The summed E-state index contributed by atoms with van der Waals surface area (Å²) in [6.07, 6.45) is 52.8. The van der Waals surface area contributed by atoms with Crippen LogP contribution in [0.4, 0.5) is 0 Å². The highest BCUT2D eigenvalue weighted by Gasteiger charge is 2.56. The maximum Gasteiger partial charge on any atom is 0.129 e. The minimum Gasteiger partial charge on any atom is -0.328 e. The molecule has 786 valence electrons. The van der Waals surface area contributed by atoms with Crippen molar-refractivity contribution in [2.24, 2.45) is 88.8 Å². The Kier molecular flexibility index (Phi) is 43.6. The van der Waals surface area contributed by atoms with E-state index in [9.17, 15) is 0 Å². The van der Waals surface area contributed by atoms with Gasteiger partial charge in [0.15, 0.2) is 0 Å². The first-order valence-corrected chi connectivity index (χ1v) is 59.8. The van der Waals surface area contributed by atoms with E-state index in [1.165, 1.54) is 423 Å². The van der Waals surface area contributed by atoms with Gasteiger partial charge in [-0.25, -0.2) is 0 Å².